The van der Waals surface area contributed by atoms with Crippen LogP contribution in [0.25, 0.3) is 0 Å². The third-order valence-electron chi connectivity index (χ3n) is 3.59. The summed E-state index contributed by atoms with van der Waals surface area (Å²) in [7, 11) is 0. The largest absolute Gasteiger partial charge is 0.492 e. The van der Waals surface area contributed by atoms with Gasteiger partial charge in [-0.2, -0.15) is 0 Å². The van der Waals surface area contributed by atoms with Crippen molar-refractivity contribution in [1.29, 1.82) is 0 Å². The molecule has 20 heavy (non-hydrogen) atoms. The van der Waals surface area contributed by atoms with Gasteiger partial charge in [0.2, 0.25) is 0 Å². The molecule has 0 radical (unpaired) electrons. The predicted molar refractivity (Wildman–Crippen MR) is 85.2 cm³/mol. The summed E-state index contributed by atoms with van der Waals surface area (Å²) < 4.78 is 6.76. The van der Waals surface area contributed by atoms with Crippen molar-refractivity contribution in [2.45, 2.75) is 18.4 Å². The van der Waals surface area contributed by atoms with Crippen LogP contribution >= 0.6 is 15.9 Å². The number of ether oxygens (including phenoxy) is 1. The second-order valence-corrected chi connectivity index (χ2v) is 6.04. The van der Waals surface area contributed by atoms with Crippen molar-refractivity contribution in [1.82, 2.24) is 5.32 Å². The van der Waals surface area contributed by atoms with Crippen LogP contribution in [0.5, 0.6) is 5.75 Å². The van der Waals surface area contributed by atoms with Gasteiger partial charge < -0.3 is 10.1 Å². The Morgan fingerprint density at radius 1 is 1.10 bits per heavy atom. The van der Waals surface area contributed by atoms with Crippen LogP contribution in [0.1, 0.15) is 17.9 Å². The van der Waals surface area contributed by atoms with Gasteiger partial charge in [0.15, 0.2) is 0 Å². The molecule has 1 saturated carbocycles. The fourth-order valence-electron chi connectivity index (χ4n) is 2.46. The minimum atomic E-state index is 0.614. The van der Waals surface area contributed by atoms with Crippen LogP contribution in [0, 0.1) is 0 Å². The number of hydrogen-bond donors (Lipinski definition) is 1. The minimum Gasteiger partial charge on any atom is -0.492 e. The molecular weight excluding hydrogens is 314 g/mol. The maximum atomic E-state index is 5.71. The molecule has 1 aliphatic rings. The van der Waals surface area contributed by atoms with Gasteiger partial charge in [0.1, 0.15) is 12.4 Å². The molecule has 1 N–H and O–H groups in total. The molecule has 104 valence electrons. The molecule has 2 nitrogen and oxygen atoms in total. The third kappa shape index (κ3) is 3.62. The Kier molecular flexibility index (Phi) is 4.38. The van der Waals surface area contributed by atoms with Crippen LogP contribution in [-0.4, -0.2) is 19.2 Å². The smallest absolute Gasteiger partial charge is 0.120 e. The van der Waals surface area contributed by atoms with Gasteiger partial charge >= 0.3 is 0 Å². The van der Waals surface area contributed by atoms with Gasteiger partial charge in [-0.1, -0.05) is 52.3 Å². The normalized spacial score (nSPS) is 20.6. The van der Waals surface area contributed by atoms with E-state index in [0.29, 0.717) is 18.6 Å². The average molecular weight is 332 g/mol. The van der Waals surface area contributed by atoms with E-state index in [9.17, 15) is 0 Å². The van der Waals surface area contributed by atoms with Gasteiger partial charge in [-0.3, -0.25) is 0 Å². The first-order valence-corrected chi connectivity index (χ1v) is 7.79. The van der Waals surface area contributed by atoms with Crippen molar-refractivity contribution in [3.63, 3.8) is 0 Å². The molecule has 1 fully saturated rings. The van der Waals surface area contributed by atoms with Crippen LogP contribution in [0.15, 0.2) is 59.1 Å². The van der Waals surface area contributed by atoms with Gasteiger partial charge in [-0.15, -0.1) is 0 Å². The zero-order chi connectivity index (χ0) is 13.8. The molecule has 3 heteroatoms. The maximum absolute atomic E-state index is 5.71. The molecule has 0 heterocycles. The van der Waals surface area contributed by atoms with E-state index in [4.69, 9.17) is 4.74 Å². The Labute approximate surface area is 128 Å². The van der Waals surface area contributed by atoms with E-state index < -0.39 is 0 Å². The van der Waals surface area contributed by atoms with Crippen LogP contribution in [0.4, 0.5) is 0 Å². The van der Waals surface area contributed by atoms with Gasteiger partial charge in [0.05, 0.1) is 0 Å². The zero-order valence-electron chi connectivity index (χ0n) is 11.3. The monoisotopic (exact) mass is 331 g/mol. The second-order valence-electron chi connectivity index (χ2n) is 5.12. The number of benzene rings is 2. The Bertz CT molecular complexity index is 558. The first kappa shape index (κ1) is 13.7. The summed E-state index contributed by atoms with van der Waals surface area (Å²) in [4.78, 5) is 0. The van der Waals surface area contributed by atoms with E-state index in [1.165, 1.54) is 12.0 Å². The molecule has 0 amide bonds. The van der Waals surface area contributed by atoms with Crippen molar-refractivity contribution < 1.29 is 4.74 Å². The third-order valence-corrected chi connectivity index (χ3v) is 4.08. The predicted octanol–water partition coefficient (Wildman–Crippen LogP) is 3.97. The summed E-state index contributed by atoms with van der Waals surface area (Å²) in [6.07, 6.45) is 1.24. The summed E-state index contributed by atoms with van der Waals surface area (Å²) in [6, 6.07) is 19.3. The van der Waals surface area contributed by atoms with E-state index in [1.54, 1.807) is 0 Å². The molecule has 0 saturated heterocycles. The topological polar surface area (TPSA) is 21.3 Å². The lowest BCUT2D eigenvalue weighted by Crippen LogP contribution is -2.24. The molecule has 0 bridgehead atoms. The standard InChI is InChI=1S/C17H18BrNO/c18-14-7-4-8-15(11-14)20-10-9-19-17-12-16(17)13-5-2-1-3-6-13/h1-8,11,16-17,19H,9-10,12H2. The fraction of sp³-hybridized carbons (Fsp3) is 0.294. The molecule has 0 spiro atoms. The lowest BCUT2D eigenvalue weighted by molar-refractivity contribution is 0.313. The van der Waals surface area contributed by atoms with Crippen molar-refractivity contribution in [3.05, 3.63) is 64.6 Å². The van der Waals surface area contributed by atoms with Gasteiger partial charge in [0, 0.05) is 23.0 Å². The molecule has 2 unspecified atom stereocenters. The highest BCUT2D eigenvalue weighted by molar-refractivity contribution is 9.10. The first-order valence-electron chi connectivity index (χ1n) is 6.99. The van der Waals surface area contributed by atoms with Crippen LogP contribution in [0.3, 0.4) is 0 Å². The number of hydrogen-bond acceptors (Lipinski definition) is 2. The van der Waals surface area contributed by atoms with Crippen molar-refractivity contribution in [2.75, 3.05) is 13.2 Å². The summed E-state index contributed by atoms with van der Waals surface area (Å²) in [5.74, 6) is 1.60. The quantitative estimate of drug-likeness (QED) is 0.808. The molecule has 3 rings (SSSR count). The Morgan fingerprint density at radius 2 is 1.95 bits per heavy atom. The summed E-state index contributed by atoms with van der Waals surface area (Å²) in [6.45, 7) is 1.59. The molecule has 1 aliphatic carbocycles. The van der Waals surface area contributed by atoms with Crippen molar-refractivity contribution in [2.24, 2.45) is 0 Å². The maximum Gasteiger partial charge on any atom is 0.120 e. The lowest BCUT2D eigenvalue weighted by Gasteiger charge is -2.07. The molecule has 2 atom stereocenters. The van der Waals surface area contributed by atoms with E-state index in [1.807, 2.05) is 24.3 Å². The number of nitrogens with one attached hydrogen (secondary N) is 1. The SMILES string of the molecule is Brc1cccc(OCCNC2CC2c2ccccc2)c1. The Balaban J connectivity index is 1.38. The molecule has 0 aromatic heterocycles. The van der Waals surface area contributed by atoms with Crippen LogP contribution < -0.4 is 10.1 Å². The highest BCUT2D eigenvalue weighted by atomic mass is 79.9. The summed E-state index contributed by atoms with van der Waals surface area (Å²) in [5.41, 5.74) is 1.44. The van der Waals surface area contributed by atoms with Crippen LogP contribution in [0.2, 0.25) is 0 Å². The molecule has 2 aromatic rings. The molecular formula is C17H18BrNO. The lowest BCUT2D eigenvalue weighted by atomic mass is 10.1. The minimum absolute atomic E-state index is 0.614. The molecule has 2 aromatic carbocycles. The van der Waals surface area contributed by atoms with Crippen LogP contribution in [-0.2, 0) is 0 Å². The number of halogens is 1. The van der Waals surface area contributed by atoms with Gasteiger partial charge in [-0.25, -0.2) is 0 Å². The Morgan fingerprint density at radius 3 is 2.75 bits per heavy atom. The highest BCUT2D eigenvalue weighted by Gasteiger charge is 2.37. The van der Waals surface area contributed by atoms with E-state index in [0.717, 1.165) is 16.8 Å². The van der Waals surface area contributed by atoms with E-state index >= 15 is 0 Å². The van der Waals surface area contributed by atoms with Crippen molar-refractivity contribution in [3.8, 4) is 5.75 Å². The Hall–Kier alpha value is -1.32. The van der Waals surface area contributed by atoms with Gasteiger partial charge in [0.25, 0.3) is 0 Å². The zero-order valence-corrected chi connectivity index (χ0v) is 12.8. The summed E-state index contributed by atoms with van der Waals surface area (Å²) >= 11 is 3.44. The van der Waals surface area contributed by atoms with E-state index in [-0.39, 0.29) is 0 Å². The summed E-state index contributed by atoms with van der Waals surface area (Å²) in [5, 5.41) is 3.55. The fourth-order valence-corrected chi connectivity index (χ4v) is 2.84. The first-order chi connectivity index (χ1) is 9.83. The average Bonchev–Trinajstić information content (AvgIpc) is 3.24. The number of rotatable bonds is 6. The van der Waals surface area contributed by atoms with Gasteiger partial charge in [-0.05, 0) is 30.2 Å². The molecule has 0 aliphatic heterocycles. The van der Waals surface area contributed by atoms with E-state index in [2.05, 4.69) is 51.6 Å². The highest BCUT2D eigenvalue weighted by Crippen LogP contribution is 2.40. The second kappa shape index (κ2) is 6.42. The van der Waals surface area contributed by atoms with Crippen molar-refractivity contribution >= 4 is 15.9 Å².